The third-order valence-corrected chi connectivity index (χ3v) is 6.29. The van der Waals surface area contributed by atoms with Crippen LogP contribution < -0.4 is 16.0 Å². The van der Waals surface area contributed by atoms with Crippen LogP contribution in [0.4, 0.5) is 14.5 Å². The number of benzene rings is 2. The van der Waals surface area contributed by atoms with E-state index in [9.17, 15) is 18.4 Å². The van der Waals surface area contributed by atoms with Gasteiger partial charge in [0.25, 0.3) is 0 Å². The van der Waals surface area contributed by atoms with Crippen molar-refractivity contribution in [2.24, 2.45) is 5.92 Å². The molecule has 3 rings (SSSR count). The van der Waals surface area contributed by atoms with Gasteiger partial charge in [-0.2, -0.15) is 0 Å². The Balaban J connectivity index is 1.56. The van der Waals surface area contributed by atoms with Gasteiger partial charge in [0.2, 0.25) is 11.8 Å². The molecule has 5 nitrogen and oxygen atoms in total. The fourth-order valence-electron chi connectivity index (χ4n) is 4.27. The SMILES string of the molecule is C[C@H](C(=O)NC(CC1CCCCC1)C(=O)NCCNc1ccc(F)cc1)c1ccc(F)cc1. The minimum atomic E-state index is -0.616. The smallest absolute Gasteiger partial charge is 0.242 e. The van der Waals surface area contributed by atoms with Gasteiger partial charge in [-0.3, -0.25) is 9.59 Å². The molecular formula is C26H33F2N3O2. The molecule has 1 aliphatic rings. The van der Waals surface area contributed by atoms with Crippen LogP contribution in [0.5, 0.6) is 0 Å². The molecule has 0 radical (unpaired) electrons. The third-order valence-electron chi connectivity index (χ3n) is 6.29. The maximum absolute atomic E-state index is 13.2. The Morgan fingerprint density at radius 1 is 0.879 bits per heavy atom. The number of rotatable bonds is 10. The predicted molar refractivity (Wildman–Crippen MR) is 126 cm³/mol. The topological polar surface area (TPSA) is 70.2 Å². The Morgan fingerprint density at radius 2 is 1.48 bits per heavy atom. The highest BCUT2D eigenvalue weighted by Gasteiger charge is 2.27. The molecule has 33 heavy (non-hydrogen) atoms. The quantitative estimate of drug-likeness (QED) is 0.451. The number of hydrogen-bond acceptors (Lipinski definition) is 3. The Morgan fingerprint density at radius 3 is 2.12 bits per heavy atom. The summed E-state index contributed by atoms with van der Waals surface area (Å²) in [4.78, 5) is 25.9. The van der Waals surface area contributed by atoms with Crippen molar-refractivity contribution < 1.29 is 18.4 Å². The van der Waals surface area contributed by atoms with E-state index in [-0.39, 0.29) is 23.4 Å². The van der Waals surface area contributed by atoms with Crippen molar-refractivity contribution >= 4 is 17.5 Å². The molecule has 2 atom stereocenters. The highest BCUT2D eigenvalue weighted by atomic mass is 19.1. The fraction of sp³-hybridized carbons (Fsp3) is 0.462. The molecule has 0 heterocycles. The molecule has 7 heteroatoms. The summed E-state index contributed by atoms with van der Waals surface area (Å²) in [6, 6.07) is 11.3. The molecule has 1 aliphatic carbocycles. The lowest BCUT2D eigenvalue weighted by atomic mass is 9.84. The van der Waals surface area contributed by atoms with Gasteiger partial charge in [-0.05, 0) is 61.2 Å². The summed E-state index contributed by atoms with van der Waals surface area (Å²) in [6.07, 6.45) is 6.27. The highest BCUT2D eigenvalue weighted by molar-refractivity contribution is 5.90. The Kier molecular flexibility index (Phi) is 9.22. The zero-order chi connectivity index (χ0) is 23.6. The molecule has 0 aliphatic heterocycles. The molecule has 3 N–H and O–H groups in total. The van der Waals surface area contributed by atoms with Gasteiger partial charge in [0.15, 0.2) is 0 Å². The minimum Gasteiger partial charge on any atom is -0.383 e. The van der Waals surface area contributed by atoms with E-state index in [2.05, 4.69) is 16.0 Å². The van der Waals surface area contributed by atoms with Crippen LogP contribution in [0.1, 0.15) is 56.9 Å². The summed E-state index contributed by atoms with van der Waals surface area (Å²) in [5, 5.41) is 8.97. The van der Waals surface area contributed by atoms with Crippen LogP contribution in [0.3, 0.4) is 0 Å². The van der Waals surface area contributed by atoms with Crippen molar-refractivity contribution in [3.8, 4) is 0 Å². The summed E-state index contributed by atoms with van der Waals surface area (Å²) in [7, 11) is 0. The lowest BCUT2D eigenvalue weighted by molar-refractivity contribution is -0.130. The molecule has 1 fully saturated rings. The first-order valence-electron chi connectivity index (χ1n) is 11.8. The molecule has 1 saturated carbocycles. The van der Waals surface area contributed by atoms with Crippen molar-refractivity contribution in [3.63, 3.8) is 0 Å². The van der Waals surface area contributed by atoms with Crippen LogP contribution in [0.25, 0.3) is 0 Å². The first-order chi connectivity index (χ1) is 15.9. The second kappa shape index (κ2) is 12.3. The normalized spacial score (nSPS) is 16.0. The number of anilines is 1. The third kappa shape index (κ3) is 7.84. The van der Waals surface area contributed by atoms with Crippen molar-refractivity contribution in [3.05, 3.63) is 65.7 Å². The van der Waals surface area contributed by atoms with Crippen LogP contribution in [-0.4, -0.2) is 30.9 Å². The van der Waals surface area contributed by atoms with Crippen LogP contribution in [0.2, 0.25) is 0 Å². The Bertz CT molecular complexity index is 897. The first-order valence-corrected chi connectivity index (χ1v) is 11.8. The molecule has 0 bridgehead atoms. The van der Waals surface area contributed by atoms with Crippen LogP contribution in [0.15, 0.2) is 48.5 Å². The Labute approximate surface area is 194 Å². The zero-order valence-electron chi connectivity index (χ0n) is 19.1. The maximum atomic E-state index is 13.2. The summed E-state index contributed by atoms with van der Waals surface area (Å²) in [5.41, 5.74) is 1.47. The van der Waals surface area contributed by atoms with Gasteiger partial charge < -0.3 is 16.0 Å². The van der Waals surface area contributed by atoms with E-state index < -0.39 is 12.0 Å². The van der Waals surface area contributed by atoms with Crippen molar-refractivity contribution in [2.75, 3.05) is 18.4 Å². The zero-order valence-corrected chi connectivity index (χ0v) is 19.1. The fourth-order valence-corrected chi connectivity index (χ4v) is 4.27. The van der Waals surface area contributed by atoms with Crippen molar-refractivity contribution in [1.82, 2.24) is 10.6 Å². The van der Waals surface area contributed by atoms with Gasteiger partial charge in [-0.15, -0.1) is 0 Å². The van der Waals surface area contributed by atoms with Gasteiger partial charge in [0, 0.05) is 18.8 Å². The number of carbonyl (C=O) groups is 2. The van der Waals surface area contributed by atoms with Crippen LogP contribution in [0, 0.1) is 17.6 Å². The second-order valence-electron chi connectivity index (χ2n) is 8.80. The van der Waals surface area contributed by atoms with Crippen LogP contribution >= 0.6 is 0 Å². The average molecular weight is 458 g/mol. The summed E-state index contributed by atoms with van der Waals surface area (Å²) < 4.78 is 26.2. The standard InChI is InChI=1S/C26H33F2N3O2/c1-18(20-7-9-21(27)10-8-20)25(32)31-24(17-19-5-3-2-4-6-19)26(33)30-16-15-29-23-13-11-22(28)12-14-23/h7-14,18-19,24,29H,2-6,15-17H2,1H3,(H,30,33)(H,31,32)/t18-,24?/m0/s1. The highest BCUT2D eigenvalue weighted by Crippen LogP contribution is 2.27. The molecule has 2 aromatic carbocycles. The van der Waals surface area contributed by atoms with Crippen molar-refractivity contribution in [1.29, 1.82) is 0 Å². The summed E-state index contributed by atoms with van der Waals surface area (Å²) in [5.74, 6) is -1.19. The molecule has 0 aromatic heterocycles. The number of amides is 2. The van der Waals surface area contributed by atoms with Gasteiger partial charge >= 0.3 is 0 Å². The van der Waals surface area contributed by atoms with E-state index in [4.69, 9.17) is 0 Å². The van der Waals surface area contributed by atoms with Gasteiger partial charge in [0.1, 0.15) is 17.7 Å². The molecule has 0 spiro atoms. The van der Waals surface area contributed by atoms with Crippen molar-refractivity contribution in [2.45, 2.75) is 57.4 Å². The molecule has 1 unspecified atom stereocenters. The summed E-state index contributed by atoms with van der Waals surface area (Å²) in [6.45, 7) is 2.61. The average Bonchev–Trinajstić information content (AvgIpc) is 2.83. The number of hydrogen-bond donors (Lipinski definition) is 3. The molecule has 2 amide bonds. The molecule has 2 aromatic rings. The van der Waals surface area contributed by atoms with Gasteiger partial charge in [-0.25, -0.2) is 8.78 Å². The Hall–Kier alpha value is -2.96. The first kappa shape index (κ1) is 24.7. The lowest BCUT2D eigenvalue weighted by Crippen LogP contribution is -2.49. The lowest BCUT2D eigenvalue weighted by Gasteiger charge is -2.27. The predicted octanol–water partition coefficient (Wildman–Crippen LogP) is 4.75. The van der Waals surface area contributed by atoms with E-state index in [1.807, 2.05) is 0 Å². The van der Waals surface area contributed by atoms with E-state index in [1.54, 1.807) is 31.2 Å². The van der Waals surface area contributed by atoms with Gasteiger partial charge in [0.05, 0.1) is 5.92 Å². The largest absolute Gasteiger partial charge is 0.383 e. The van der Waals surface area contributed by atoms with E-state index in [1.165, 1.54) is 30.7 Å². The number of carbonyl (C=O) groups excluding carboxylic acids is 2. The number of halogens is 2. The van der Waals surface area contributed by atoms with E-state index in [0.717, 1.165) is 31.4 Å². The van der Waals surface area contributed by atoms with E-state index in [0.29, 0.717) is 31.0 Å². The van der Waals surface area contributed by atoms with E-state index >= 15 is 0 Å². The molecular weight excluding hydrogens is 424 g/mol. The van der Waals surface area contributed by atoms with Gasteiger partial charge in [-0.1, -0.05) is 44.2 Å². The second-order valence-corrected chi connectivity index (χ2v) is 8.80. The molecule has 178 valence electrons. The minimum absolute atomic E-state index is 0.207. The molecule has 0 saturated heterocycles. The number of nitrogens with one attached hydrogen (secondary N) is 3. The summed E-state index contributed by atoms with van der Waals surface area (Å²) >= 11 is 0. The monoisotopic (exact) mass is 457 g/mol. The maximum Gasteiger partial charge on any atom is 0.242 e. The van der Waals surface area contributed by atoms with Crippen LogP contribution in [-0.2, 0) is 9.59 Å².